The number of hydrogen-bond donors (Lipinski definition) is 1. The molecule has 0 bridgehead atoms. The van der Waals surface area contributed by atoms with Crippen LogP contribution in [0.25, 0.3) is 0 Å². The Hall–Kier alpha value is -1.35. The molecule has 0 aliphatic carbocycles. The highest BCUT2D eigenvalue weighted by Gasteiger charge is 2.34. The number of oxime groups is 1. The summed E-state index contributed by atoms with van der Waals surface area (Å²) in [6.07, 6.45) is 12.9. The summed E-state index contributed by atoms with van der Waals surface area (Å²) in [5.74, 6) is 3.30. The number of ether oxygens (including phenoxy) is 1. The molecular formula is C12H18ClN3O2. The molecule has 0 radical (unpaired) electrons. The summed E-state index contributed by atoms with van der Waals surface area (Å²) in [6, 6.07) is 0. The first-order valence-corrected chi connectivity index (χ1v) is 5.52. The number of hydrogen-bond acceptors (Lipinski definition) is 4. The van der Waals surface area contributed by atoms with Gasteiger partial charge < -0.3 is 22.4 Å². The fourth-order valence-corrected chi connectivity index (χ4v) is 1.84. The van der Waals surface area contributed by atoms with Crippen LogP contribution in [-0.2, 0) is 4.74 Å². The lowest BCUT2D eigenvalue weighted by Gasteiger charge is -2.29. The number of unbranched alkanes of at least 4 members (excludes halogenated alkanes) is 2. The van der Waals surface area contributed by atoms with E-state index in [0.717, 1.165) is 25.8 Å². The Morgan fingerprint density at radius 2 is 2.39 bits per heavy atom. The second kappa shape index (κ2) is 8.70. The van der Waals surface area contributed by atoms with Crippen molar-refractivity contribution in [2.45, 2.75) is 19.3 Å². The lowest BCUT2D eigenvalue weighted by atomic mass is 10.2. The zero-order chi connectivity index (χ0) is 12.6. The summed E-state index contributed by atoms with van der Waals surface area (Å²) in [5, 5.41) is 11.7. The number of amidine groups is 1. The Labute approximate surface area is 114 Å². The van der Waals surface area contributed by atoms with E-state index in [0.29, 0.717) is 17.0 Å². The molecule has 1 N–H and O–H groups in total. The Kier molecular flexibility index (Phi) is 8.05. The van der Waals surface area contributed by atoms with Gasteiger partial charge in [-0.15, -0.1) is 12.3 Å². The fourth-order valence-electron chi connectivity index (χ4n) is 1.84. The van der Waals surface area contributed by atoms with Crippen molar-refractivity contribution in [3.8, 4) is 12.3 Å². The summed E-state index contributed by atoms with van der Waals surface area (Å²) in [5.41, 5.74) is 0. The Balaban J connectivity index is 0.00000289. The molecular weight excluding hydrogens is 254 g/mol. The number of rotatable bonds is 7. The first kappa shape index (κ1) is 16.6. The zero-order valence-corrected chi connectivity index (χ0v) is 11.2. The molecule has 1 atom stereocenters. The maximum atomic E-state index is 8.62. The number of methoxy groups -OCH3 is 1. The van der Waals surface area contributed by atoms with E-state index in [1.807, 2.05) is 6.20 Å². The summed E-state index contributed by atoms with van der Waals surface area (Å²) < 4.78 is 5.67. The van der Waals surface area contributed by atoms with Gasteiger partial charge in [-0.1, -0.05) is 5.16 Å². The lowest BCUT2D eigenvalue weighted by molar-refractivity contribution is -0.807. The Morgan fingerprint density at radius 3 is 3.00 bits per heavy atom. The van der Waals surface area contributed by atoms with Gasteiger partial charge in [-0.3, -0.25) is 0 Å². The molecule has 1 aliphatic heterocycles. The SMILES string of the molecule is C#CCCCC[N+]1(COC)C=CN=C1/C=N\O.[Cl-]. The van der Waals surface area contributed by atoms with Crippen molar-refractivity contribution in [1.29, 1.82) is 0 Å². The van der Waals surface area contributed by atoms with Crippen LogP contribution < -0.4 is 12.4 Å². The molecule has 0 amide bonds. The van der Waals surface area contributed by atoms with E-state index >= 15 is 0 Å². The van der Waals surface area contributed by atoms with Crippen molar-refractivity contribution in [3.05, 3.63) is 12.4 Å². The smallest absolute Gasteiger partial charge is 0.256 e. The second-order valence-electron chi connectivity index (χ2n) is 3.87. The molecule has 100 valence electrons. The van der Waals surface area contributed by atoms with Gasteiger partial charge in [0.15, 0.2) is 6.73 Å². The van der Waals surface area contributed by atoms with Crippen LogP contribution >= 0.6 is 0 Å². The van der Waals surface area contributed by atoms with Crippen molar-refractivity contribution in [2.24, 2.45) is 10.1 Å². The predicted octanol–water partition coefficient (Wildman–Crippen LogP) is -1.44. The lowest BCUT2D eigenvalue weighted by Crippen LogP contribution is -3.00. The molecule has 0 fully saturated rings. The third-order valence-corrected chi connectivity index (χ3v) is 2.68. The fraction of sp³-hybridized carbons (Fsp3) is 0.500. The van der Waals surface area contributed by atoms with Gasteiger partial charge in [0.1, 0.15) is 12.4 Å². The number of nitrogens with zero attached hydrogens (tertiary/aromatic N) is 3. The van der Waals surface area contributed by atoms with Gasteiger partial charge in [0.05, 0.1) is 12.7 Å². The molecule has 0 saturated carbocycles. The van der Waals surface area contributed by atoms with Crippen molar-refractivity contribution < 1.29 is 26.8 Å². The van der Waals surface area contributed by atoms with E-state index in [1.165, 1.54) is 6.21 Å². The molecule has 1 rings (SSSR count). The zero-order valence-electron chi connectivity index (χ0n) is 10.4. The van der Waals surface area contributed by atoms with Gasteiger partial charge >= 0.3 is 0 Å². The molecule has 0 aromatic rings. The topological polar surface area (TPSA) is 54.2 Å². The van der Waals surface area contributed by atoms with Gasteiger partial charge in [0.2, 0.25) is 0 Å². The van der Waals surface area contributed by atoms with Gasteiger partial charge in [0.25, 0.3) is 5.84 Å². The number of quaternary nitrogens is 1. The molecule has 5 nitrogen and oxygen atoms in total. The van der Waals surface area contributed by atoms with Gasteiger partial charge in [-0.05, 0) is 12.8 Å². The molecule has 1 unspecified atom stereocenters. The van der Waals surface area contributed by atoms with Crippen LogP contribution in [0, 0.1) is 12.3 Å². The van der Waals surface area contributed by atoms with Crippen molar-refractivity contribution in [3.63, 3.8) is 0 Å². The monoisotopic (exact) mass is 271 g/mol. The molecule has 0 spiro atoms. The average Bonchev–Trinajstić information content (AvgIpc) is 2.70. The van der Waals surface area contributed by atoms with Gasteiger partial charge in [-0.2, -0.15) is 4.99 Å². The van der Waals surface area contributed by atoms with Crippen molar-refractivity contribution >= 4 is 12.1 Å². The van der Waals surface area contributed by atoms with E-state index in [2.05, 4.69) is 16.1 Å². The molecule has 1 aliphatic rings. The minimum Gasteiger partial charge on any atom is -1.00 e. The van der Waals surface area contributed by atoms with E-state index in [4.69, 9.17) is 16.4 Å². The summed E-state index contributed by atoms with van der Waals surface area (Å²) in [4.78, 5) is 4.18. The first-order valence-electron chi connectivity index (χ1n) is 5.52. The third-order valence-electron chi connectivity index (χ3n) is 2.68. The van der Waals surface area contributed by atoms with Gasteiger partial charge in [0, 0.05) is 13.5 Å². The van der Waals surface area contributed by atoms with Crippen LogP contribution in [0.2, 0.25) is 0 Å². The highest BCUT2D eigenvalue weighted by atomic mass is 35.5. The van der Waals surface area contributed by atoms with E-state index in [9.17, 15) is 0 Å². The standard InChI is InChI=1S/C12H17N3O2.ClH/c1-3-4-5-6-8-15(11-17-2)9-7-13-12(15)10-14-16;/h1,7,9-10H,4-6,8,11H2,2H3;1H/b14-10-;. The van der Waals surface area contributed by atoms with Crippen LogP contribution in [0.1, 0.15) is 19.3 Å². The largest absolute Gasteiger partial charge is 1.00 e. The molecule has 18 heavy (non-hydrogen) atoms. The first-order chi connectivity index (χ1) is 8.29. The minimum absolute atomic E-state index is 0. The predicted molar refractivity (Wildman–Crippen MR) is 66.5 cm³/mol. The van der Waals surface area contributed by atoms with Crippen LogP contribution in [0.4, 0.5) is 0 Å². The second-order valence-corrected chi connectivity index (χ2v) is 3.87. The van der Waals surface area contributed by atoms with E-state index in [1.54, 1.807) is 13.3 Å². The van der Waals surface area contributed by atoms with Gasteiger partial charge in [-0.25, -0.2) is 4.48 Å². The average molecular weight is 272 g/mol. The van der Waals surface area contributed by atoms with Crippen LogP contribution in [0.5, 0.6) is 0 Å². The normalized spacial score (nSPS) is 21.7. The third kappa shape index (κ3) is 4.15. The van der Waals surface area contributed by atoms with Crippen LogP contribution in [0.15, 0.2) is 22.5 Å². The van der Waals surface area contributed by atoms with E-state index in [-0.39, 0.29) is 12.4 Å². The molecule has 1 heterocycles. The summed E-state index contributed by atoms with van der Waals surface area (Å²) >= 11 is 0. The Bertz CT molecular complexity index is 374. The summed E-state index contributed by atoms with van der Waals surface area (Å²) in [6.45, 7) is 1.30. The minimum atomic E-state index is 0. The van der Waals surface area contributed by atoms with E-state index < -0.39 is 0 Å². The molecule has 0 saturated heterocycles. The Morgan fingerprint density at radius 1 is 1.61 bits per heavy atom. The highest BCUT2D eigenvalue weighted by molar-refractivity contribution is 6.26. The van der Waals surface area contributed by atoms with Crippen LogP contribution in [0.3, 0.4) is 0 Å². The van der Waals surface area contributed by atoms with Crippen LogP contribution in [-0.4, -0.2) is 42.1 Å². The molecule has 0 aromatic carbocycles. The number of aliphatic imine (C=N–C) groups is 1. The summed E-state index contributed by atoms with van der Waals surface area (Å²) in [7, 11) is 1.64. The highest BCUT2D eigenvalue weighted by Crippen LogP contribution is 2.18. The molecule has 0 aromatic heterocycles. The molecule has 6 heteroatoms. The van der Waals surface area contributed by atoms with Crippen molar-refractivity contribution in [2.75, 3.05) is 20.4 Å². The number of terminal acetylenes is 1. The maximum absolute atomic E-state index is 8.62. The number of halogens is 1. The maximum Gasteiger partial charge on any atom is 0.256 e. The quantitative estimate of drug-likeness (QED) is 0.154. The van der Waals surface area contributed by atoms with Crippen molar-refractivity contribution in [1.82, 2.24) is 0 Å².